The first-order valence-electron chi connectivity index (χ1n) is 6.64. The average Bonchev–Trinajstić information content (AvgIpc) is 2.77. The highest BCUT2D eigenvalue weighted by Crippen LogP contribution is 2.16. The number of amides is 2. The van der Waals surface area contributed by atoms with E-state index in [0.29, 0.717) is 13.0 Å². The lowest BCUT2D eigenvalue weighted by molar-refractivity contribution is 0.194. The number of carbonyl (C=O) groups excluding carboxylic acids is 1. The third kappa shape index (κ3) is 3.50. The van der Waals surface area contributed by atoms with Crippen molar-refractivity contribution in [3.63, 3.8) is 0 Å². The molecule has 0 spiro atoms. The zero-order valence-electron chi connectivity index (χ0n) is 11.8. The number of aryl methyl sites for hydroxylation is 1. The number of hydrogen-bond donors (Lipinski definition) is 1. The zero-order chi connectivity index (χ0) is 14.8. The topological polar surface area (TPSA) is 66.5 Å². The highest BCUT2D eigenvalue weighted by atomic mass is 32.2. The summed E-state index contributed by atoms with van der Waals surface area (Å²) in [6.45, 7) is 2.45. The largest absolute Gasteiger partial charge is 0.334 e. The van der Waals surface area contributed by atoms with Crippen molar-refractivity contribution in [2.24, 2.45) is 0 Å². The fraction of sp³-hybridized carbons (Fsp3) is 0.500. The summed E-state index contributed by atoms with van der Waals surface area (Å²) >= 11 is 0. The molecule has 0 aliphatic carbocycles. The predicted molar refractivity (Wildman–Crippen MR) is 78.2 cm³/mol. The van der Waals surface area contributed by atoms with E-state index < -0.39 is 9.84 Å². The van der Waals surface area contributed by atoms with Crippen LogP contribution < -0.4 is 5.32 Å². The van der Waals surface area contributed by atoms with Crippen molar-refractivity contribution in [3.8, 4) is 0 Å². The molecule has 20 heavy (non-hydrogen) atoms. The first-order valence-corrected chi connectivity index (χ1v) is 8.47. The van der Waals surface area contributed by atoms with E-state index in [2.05, 4.69) is 5.32 Å². The molecule has 0 saturated carbocycles. The number of rotatable bonds is 3. The maximum Gasteiger partial charge on any atom is 0.317 e. The maximum absolute atomic E-state index is 12.0. The van der Waals surface area contributed by atoms with Crippen LogP contribution in [0, 0.1) is 6.92 Å². The summed E-state index contributed by atoms with van der Waals surface area (Å²) in [4.78, 5) is 13.5. The van der Waals surface area contributed by atoms with E-state index in [1.807, 2.05) is 31.2 Å². The van der Waals surface area contributed by atoms with Crippen LogP contribution in [0.25, 0.3) is 0 Å². The van der Waals surface area contributed by atoms with E-state index >= 15 is 0 Å². The summed E-state index contributed by atoms with van der Waals surface area (Å²) in [6.07, 6.45) is 0.524. The minimum absolute atomic E-state index is 0.0707. The number of carbonyl (C=O) groups is 1. The van der Waals surface area contributed by atoms with Crippen molar-refractivity contribution in [3.05, 3.63) is 35.4 Å². The minimum atomic E-state index is -2.97. The third-order valence-electron chi connectivity index (χ3n) is 3.77. The van der Waals surface area contributed by atoms with E-state index in [-0.39, 0.29) is 23.6 Å². The van der Waals surface area contributed by atoms with Gasteiger partial charge in [0.15, 0.2) is 9.84 Å². The number of nitrogens with one attached hydrogen (secondary N) is 1. The van der Waals surface area contributed by atoms with Gasteiger partial charge in [-0.3, -0.25) is 0 Å². The molecule has 1 atom stereocenters. The van der Waals surface area contributed by atoms with E-state index in [1.54, 1.807) is 7.05 Å². The summed E-state index contributed by atoms with van der Waals surface area (Å²) in [5.74, 6) is 0.244. The quantitative estimate of drug-likeness (QED) is 0.915. The standard InChI is InChI=1S/C14H20N2O3S/c1-11-5-3-4-6-12(11)9-15-14(17)16(2)13-7-8-20(18,19)10-13/h3-6,13H,7-10H2,1-2H3,(H,15,17). The number of nitrogens with zero attached hydrogens (tertiary/aromatic N) is 1. The normalized spacial score (nSPS) is 20.6. The molecule has 6 heteroatoms. The van der Waals surface area contributed by atoms with Crippen LogP contribution in [0.3, 0.4) is 0 Å². The third-order valence-corrected chi connectivity index (χ3v) is 5.52. The molecule has 5 nitrogen and oxygen atoms in total. The molecule has 2 amide bonds. The minimum Gasteiger partial charge on any atom is -0.334 e. The van der Waals surface area contributed by atoms with Gasteiger partial charge < -0.3 is 10.2 Å². The van der Waals surface area contributed by atoms with Crippen molar-refractivity contribution < 1.29 is 13.2 Å². The summed E-state index contributed by atoms with van der Waals surface area (Å²) in [7, 11) is -1.32. The van der Waals surface area contributed by atoms with E-state index in [1.165, 1.54) is 4.90 Å². The Hall–Kier alpha value is -1.56. The zero-order valence-corrected chi connectivity index (χ0v) is 12.6. The molecule has 1 unspecified atom stereocenters. The van der Waals surface area contributed by atoms with Crippen molar-refractivity contribution in [2.45, 2.75) is 25.9 Å². The molecular formula is C14H20N2O3S. The van der Waals surface area contributed by atoms with Crippen molar-refractivity contribution in [1.29, 1.82) is 0 Å². The lowest BCUT2D eigenvalue weighted by Crippen LogP contribution is -2.43. The van der Waals surface area contributed by atoms with Crippen LogP contribution in [-0.4, -0.2) is 43.9 Å². The molecule has 1 aliphatic heterocycles. The maximum atomic E-state index is 12.0. The molecule has 1 fully saturated rings. The number of urea groups is 1. The van der Waals surface area contributed by atoms with Gasteiger partial charge in [-0.15, -0.1) is 0 Å². The Bertz CT molecular complexity index is 598. The first-order chi connectivity index (χ1) is 9.39. The van der Waals surface area contributed by atoms with E-state index in [4.69, 9.17) is 0 Å². The summed E-state index contributed by atoms with van der Waals surface area (Å²) < 4.78 is 22.9. The van der Waals surface area contributed by atoms with Crippen LogP contribution >= 0.6 is 0 Å². The van der Waals surface area contributed by atoms with Gasteiger partial charge in [-0.1, -0.05) is 24.3 Å². The molecule has 1 aliphatic rings. The van der Waals surface area contributed by atoms with Gasteiger partial charge in [-0.25, -0.2) is 13.2 Å². The Morgan fingerprint density at radius 1 is 1.40 bits per heavy atom. The number of hydrogen-bond acceptors (Lipinski definition) is 3. The van der Waals surface area contributed by atoms with Crippen LogP contribution in [0.4, 0.5) is 4.79 Å². The summed E-state index contributed by atoms with van der Waals surface area (Å²) in [5.41, 5.74) is 2.19. The van der Waals surface area contributed by atoms with Crippen molar-refractivity contribution in [1.82, 2.24) is 10.2 Å². The Labute approximate surface area is 119 Å². The highest BCUT2D eigenvalue weighted by Gasteiger charge is 2.32. The summed E-state index contributed by atoms with van der Waals surface area (Å²) in [5, 5.41) is 2.84. The SMILES string of the molecule is Cc1ccccc1CNC(=O)N(C)C1CCS(=O)(=O)C1. The second kappa shape index (κ2) is 5.83. The van der Waals surface area contributed by atoms with Crippen molar-refractivity contribution in [2.75, 3.05) is 18.6 Å². The van der Waals surface area contributed by atoms with Gasteiger partial charge in [0, 0.05) is 19.6 Å². The van der Waals surface area contributed by atoms with Crippen LogP contribution in [0.15, 0.2) is 24.3 Å². The molecule has 1 aromatic rings. The van der Waals surface area contributed by atoms with Crippen LogP contribution in [0.5, 0.6) is 0 Å². The number of sulfone groups is 1. The lowest BCUT2D eigenvalue weighted by Gasteiger charge is -2.23. The molecule has 2 rings (SSSR count). The molecule has 110 valence electrons. The molecule has 1 saturated heterocycles. The number of benzene rings is 1. The van der Waals surface area contributed by atoms with Gasteiger partial charge >= 0.3 is 6.03 Å². The Kier molecular flexibility index (Phi) is 4.32. The molecule has 1 aromatic carbocycles. The van der Waals surface area contributed by atoms with Crippen LogP contribution in [0.2, 0.25) is 0 Å². The van der Waals surface area contributed by atoms with Crippen molar-refractivity contribution >= 4 is 15.9 Å². The predicted octanol–water partition coefficient (Wildman–Crippen LogP) is 1.32. The summed E-state index contributed by atoms with van der Waals surface area (Å²) in [6, 6.07) is 7.41. The van der Waals surface area contributed by atoms with Gasteiger partial charge in [0.05, 0.1) is 11.5 Å². The molecule has 1 N–H and O–H groups in total. The van der Waals surface area contributed by atoms with Crippen LogP contribution in [-0.2, 0) is 16.4 Å². The van der Waals surface area contributed by atoms with Gasteiger partial charge in [-0.2, -0.15) is 0 Å². The van der Waals surface area contributed by atoms with Gasteiger partial charge in [0.1, 0.15) is 0 Å². The van der Waals surface area contributed by atoms with E-state index in [9.17, 15) is 13.2 Å². The van der Waals surface area contributed by atoms with Crippen LogP contribution in [0.1, 0.15) is 17.5 Å². The Balaban J connectivity index is 1.91. The van der Waals surface area contributed by atoms with Gasteiger partial charge in [-0.05, 0) is 24.5 Å². The molecule has 1 heterocycles. The van der Waals surface area contributed by atoms with E-state index in [0.717, 1.165) is 11.1 Å². The van der Waals surface area contributed by atoms with Gasteiger partial charge in [0.2, 0.25) is 0 Å². The second-order valence-corrected chi connectivity index (χ2v) is 7.48. The Morgan fingerprint density at radius 3 is 2.70 bits per heavy atom. The smallest absolute Gasteiger partial charge is 0.317 e. The second-order valence-electron chi connectivity index (χ2n) is 5.25. The molecular weight excluding hydrogens is 276 g/mol. The molecule has 0 bridgehead atoms. The lowest BCUT2D eigenvalue weighted by atomic mass is 10.1. The average molecular weight is 296 g/mol. The Morgan fingerprint density at radius 2 is 2.10 bits per heavy atom. The monoisotopic (exact) mass is 296 g/mol. The molecule has 0 aromatic heterocycles. The highest BCUT2D eigenvalue weighted by molar-refractivity contribution is 7.91. The van der Waals surface area contributed by atoms with Gasteiger partial charge in [0.25, 0.3) is 0 Å². The molecule has 0 radical (unpaired) electrons. The fourth-order valence-corrected chi connectivity index (χ4v) is 4.13. The first kappa shape index (κ1) is 14.8. The fourth-order valence-electron chi connectivity index (χ4n) is 2.35.